The van der Waals surface area contributed by atoms with Crippen LogP contribution in [0.2, 0.25) is 0 Å². The third-order valence-corrected chi connectivity index (χ3v) is 6.09. The number of thiocarbonyl (C=S) groups is 1. The summed E-state index contributed by atoms with van der Waals surface area (Å²) in [6.45, 7) is 6.70. The van der Waals surface area contributed by atoms with Crippen molar-refractivity contribution in [1.82, 2.24) is 15.1 Å². The van der Waals surface area contributed by atoms with E-state index in [-0.39, 0.29) is 23.8 Å². The van der Waals surface area contributed by atoms with Gasteiger partial charge < -0.3 is 10.1 Å². The van der Waals surface area contributed by atoms with Gasteiger partial charge in [0.05, 0.1) is 28.5 Å². The number of thioether (sulfide) groups is 1. The molecule has 0 radical (unpaired) electrons. The van der Waals surface area contributed by atoms with Crippen molar-refractivity contribution in [1.29, 1.82) is 0 Å². The van der Waals surface area contributed by atoms with Gasteiger partial charge in [0.2, 0.25) is 0 Å². The van der Waals surface area contributed by atoms with Crippen LogP contribution in [0, 0.1) is 0 Å². The van der Waals surface area contributed by atoms with Crippen LogP contribution in [0.15, 0.2) is 29.2 Å². The Morgan fingerprint density at radius 3 is 2.70 bits per heavy atom. The first kappa shape index (κ1) is 20.6. The fourth-order valence-electron chi connectivity index (χ4n) is 3.24. The maximum Gasteiger partial charge on any atom is 0.265 e. The molecular formula is C21H22N4O3S2. The second-order valence-corrected chi connectivity index (χ2v) is 9.96. The molecule has 0 bridgehead atoms. The molecule has 30 heavy (non-hydrogen) atoms. The Labute approximate surface area is 184 Å². The van der Waals surface area contributed by atoms with E-state index in [2.05, 4.69) is 31.2 Å². The van der Waals surface area contributed by atoms with Gasteiger partial charge in [0.1, 0.15) is 10.1 Å². The molecule has 0 aliphatic carbocycles. The van der Waals surface area contributed by atoms with E-state index in [4.69, 9.17) is 17.0 Å². The summed E-state index contributed by atoms with van der Waals surface area (Å²) in [7, 11) is 1.88. The van der Waals surface area contributed by atoms with Gasteiger partial charge in [-0.15, -0.1) is 0 Å². The SMILES string of the molecule is Cn1nc(C(C)(C)C)cc1CN1C(=O)COc2ccc(C=C3SC(=S)NC3=O)cc21. The molecule has 2 aromatic rings. The number of nitrogens with one attached hydrogen (secondary N) is 1. The summed E-state index contributed by atoms with van der Waals surface area (Å²) < 4.78 is 7.87. The quantitative estimate of drug-likeness (QED) is 0.581. The molecule has 3 heterocycles. The maximum atomic E-state index is 12.7. The first-order chi connectivity index (χ1) is 14.1. The number of nitrogens with zero attached hydrogens (tertiary/aromatic N) is 3. The summed E-state index contributed by atoms with van der Waals surface area (Å²) >= 11 is 6.27. The second kappa shape index (κ2) is 7.55. The van der Waals surface area contributed by atoms with Gasteiger partial charge in [-0.05, 0) is 29.8 Å². The van der Waals surface area contributed by atoms with Crippen molar-refractivity contribution in [3.63, 3.8) is 0 Å². The van der Waals surface area contributed by atoms with Crippen molar-refractivity contribution in [2.45, 2.75) is 32.7 Å². The first-order valence-corrected chi connectivity index (χ1v) is 10.7. The monoisotopic (exact) mass is 442 g/mol. The Bertz CT molecular complexity index is 1100. The Morgan fingerprint density at radius 1 is 1.30 bits per heavy atom. The number of benzene rings is 1. The lowest BCUT2D eigenvalue weighted by Crippen LogP contribution is -2.38. The molecule has 1 fully saturated rings. The number of amides is 2. The third-order valence-electron chi connectivity index (χ3n) is 4.93. The molecule has 1 aromatic heterocycles. The van der Waals surface area contributed by atoms with Crippen LogP contribution in [0.25, 0.3) is 6.08 Å². The lowest BCUT2D eigenvalue weighted by atomic mass is 9.92. The van der Waals surface area contributed by atoms with Gasteiger partial charge in [-0.2, -0.15) is 5.10 Å². The van der Waals surface area contributed by atoms with Crippen LogP contribution in [-0.2, 0) is 28.6 Å². The molecule has 1 aromatic carbocycles. The van der Waals surface area contributed by atoms with Gasteiger partial charge in [-0.3, -0.25) is 19.2 Å². The summed E-state index contributed by atoms with van der Waals surface area (Å²) in [5.41, 5.74) is 3.29. The molecule has 9 heteroatoms. The van der Waals surface area contributed by atoms with Crippen molar-refractivity contribution in [2.24, 2.45) is 7.05 Å². The standard InChI is InChI=1S/C21H22N4O3S2/c1-21(2,3)17-9-13(24(4)23-17)10-25-14-7-12(5-6-15(14)28-11-18(25)26)8-16-19(27)22-20(29)30-16/h5-9H,10-11H2,1-4H3,(H,22,27,29). The van der Waals surface area contributed by atoms with Crippen LogP contribution in [0.4, 0.5) is 5.69 Å². The molecule has 0 atom stereocenters. The fourth-order valence-corrected chi connectivity index (χ4v) is 4.28. The number of carbonyl (C=O) groups is 2. The molecule has 0 unspecified atom stereocenters. The summed E-state index contributed by atoms with van der Waals surface area (Å²) in [5, 5.41) is 7.22. The van der Waals surface area contributed by atoms with Gasteiger partial charge in [0.25, 0.3) is 11.8 Å². The number of hydrogen-bond donors (Lipinski definition) is 1. The van der Waals surface area contributed by atoms with E-state index in [0.717, 1.165) is 17.0 Å². The lowest BCUT2D eigenvalue weighted by Gasteiger charge is -2.29. The van der Waals surface area contributed by atoms with Gasteiger partial charge in [0, 0.05) is 12.5 Å². The number of fused-ring (bicyclic) bond motifs is 1. The van der Waals surface area contributed by atoms with Gasteiger partial charge >= 0.3 is 0 Å². The highest BCUT2D eigenvalue weighted by Gasteiger charge is 2.28. The van der Waals surface area contributed by atoms with E-state index in [1.807, 2.05) is 36.0 Å². The first-order valence-electron chi connectivity index (χ1n) is 9.47. The summed E-state index contributed by atoms with van der Waals surface area (Å²) in [6.07, 6.45) is 1.76. The van der Waals surface area contributed by atoms with E-state index in [1.54, 1.807) is 11.0 Å². The molecular weight excluding hydrogens is 420 g/mol. The minimum absolute atomic E-state index is 0.00998. The van der Waals surface area contributed by atoms with Gasteiger partial charge in [-0.1, -0.05) is 50.8 Å². The van der Waals surface area contributed by atoms with Crippen molar-refractivity contribution < 1.29 is 14.3 Å². The Hall–Kier alpha value is -2.65. The molecule has 0 saturated carbocycles. The van der Waals surface area contributed by atoms with E-state index >= 15 is 0 Å². The van der Waals surface area contributed by atoms with Crippen LogP contribution in [0.1, 0.15) is 37.7 Å². The van der Waals surface area contributed by atoms with Gasteiger partial charge in [0.15, 0.2) is 6.61 Å². The average molecular weight is 443 g/mol. The second-order valence-electron chi connectivity index (χ2n) is 8.24. The molecule has 156 valence electrons. The van der Waals surface area contributed by atoms with Crippen LogP contribution in [0.3, 0.4) is 0 Å². The number of hydrogen-bond acceptors (Lipinski definition) is 6. The van der Waals surface area contributed by atoms with Crippen LogP contribution in [-0.4, -0.2) is 32.5 Å². The fraction of sp³-hybridized carbons (Fsp3) is 0.333. The number of aromatic nitrogens is 2. The highest BCUT2D eigenvalue weighted by atomic mass is 32.2. The Morgan fingerprint density at radius 2 is 2.07 bits per heavy atom. The van der Waals surface area contributed by atoms with E-state index < -0.39 is 0 Å². The Kier molecular flexibility index (Phi) is 5.19. The smallest absolute Gasteiger partial charge is 0.265 e. The maximum absolute atomic E-state index is 12.7. The third kappa shape index (κ3) is 3.99. The van der Waals surface area contributed by atoms with Gasteiger partial charge in [-0.25, -0.2) is 0 Å². The molecule has 1 N–H and O–H groups in total. The molecule has 2 amide bonds. The van der Waals surface area contributed by atoms with E-state index in [9.17, 15) is 9.59 Å². The average Bonchev–Trinajstić information content (AvgIpc) is 3.19. The summed E-state index contributed by atoms with van der Waals surface area (Å²) in [6, 6.07) is 7.57. The van der Waals surface area contributed by atoms with Crippen LogP contribution >= 0.6 is 24.0 Å². The molecule has 2 aliphatic rings. The lowest BCUT2D eigenvalue weighted by molar-refractivity contribution is -0.121. The molecule has 4 rings (SSSR count). The van der Waals surface area contributed by atoms with Crippen molar-refractivity contribution in [3.05, 3.63) is 46.1 Å². The van der Waals surface area contributed by atoms with Crippen molar-refractivity contribution in [3.8, 4) is 5.75 Å². The van der Waals surface area contributed by atoms with E-state index in [0.29, 0.717) is 27.2 Å². The number of aryl methyl sites for hydroxylation is 1. The molecule has 2 aliphatic heterocycles. The summed E-state index contributed by atoms with van der Waals surface area (Å²) in [5.74, 6) is 0.297. The highest BCUT2D eigenvalue weighted by Crippen LogP contribution is 2.36. The van der Waals surface area contributed by atoms with Crippen LogP contribution < -0.4 is 15.0 Å². The zero-order valence-corrected chi connectivity index (χ0v) is 18.8. The van der Waals surface area contributed by atoms with Crippen molar-refractivity contribution >= 4 is 51.9 Å². The zero-order chi connectivity index (χ0) is 21.6. The minimum Gasteiger partial charge on any atom is -0.482 e. The highest BCUT2D eigenvalue weighted by molar-refractivity contribution is 8.26. The van der Waals surface area contributed by atoms with Crippen LogP contribution in [0.5, 0.6) is 5.75 Å². The largest absolute Gasteiger partial charge is 0.482 e. The molecule has 0 spiro atoms. The number of carbonyl (C=O) groups excluding carboxylic acids is 2. The minimum atomic E-state index is -0.212. The Balaban J connectivity index is 1.68. The normalized spacial score (nSPS) is 17.9. The topological polar surface area (TPSA) is 76.5 Å². The predicted molar refractivity (Wildman–Crippen MR) is 121 cm³/mol. The number of rotatable bonds is 3. The summed E-state index contributed by atoms with van der Waals surface area (Å²) in [4.78, 5) is 26.9. The molecule has 1 saturated heterocycles. The number of ether oxygens (including phenoxy) is 1. The molecule has 7 nitrogen and oxygen atoms in total. The zero-order valence-electron chi connectivity index (χ0n) is 17.2. The van der Waals surface area contributed by atoms with E-state index in [1.165, 1.54) is 11.8 Å². The predicted octanol–water partition coefficient (Wildman–Crippen LogP) is 3.13. The van der Waals surface area contributed by atoms with Crippen molar-refractivity contribution in [2.75, 3.05) is 11.5 Å². The number of anilines is 1.